The van der Waals surface area contributed by atoms with E-state index in [1.165, 1.54) is 18.2 Å². The van der Waals surface area contributed by atoms with Crippen LogP contribution in [0.1, 0.15) is 17.7 Å². The zero-order chi connectivity index (χ0) is 23.3. The molecule has 0 radical (unpaired) electrons. The first-order valence-electron chi connectivity index (χ1n) is 11.0. The first-order valence-corrected chi connectivity index (χ1v) is 11.0. The Kier molecular flexibility index (Phi) is 7.29. The Labute approximate surface area is 190 Å². The van der Waals surface area contributed by atoms with Crippen molar-refractivity contribution in [1.29, 1.82) is 0 Å². The highest BCUT2D eigenvalue weighted by Gasteiger charge is 2.31. The molecule has 1 fully saturated rings. The molecule has 0 unspecified atom stereocenters. The Bertz CT molecular complexity index is 1040. The first-order chi connectivity index (χ1) is 15.9. The number of nitrogens with one attached hydrogen (secondary N) is 1. The van der Waals surface area contributed by atoms with Crippen LogP contribution < -0.4 is 10.2 Å². The lowest BCUT2D eigenvalue weighted by Gasteiger charge is -2.36. The third-order valence-electron chi connectivity index (χ3n) is 5.75. The summed E-state index contributed by atoms with van der Waals surface area (Å²) >= 11 is 0. The van der Waals surface area contributed by atoms with E-state index in [2.05, 4.69) is 15.4 Å². The summed E-state index contributed by atoms with van der Waals surface area (Å²) in [6, 6.07) is 13.7. The molecular formula is C24H26F4N4O. The molecule has 3 aromatic rings. The van der Waals surface area contributed by atoms with Crippen molar-refractivity contribution in [3.8, 4) is 11.3 Å². The highest BCUT2D eigenvalue weighted by Crippen LogP contribution is 2.32. The van der Waals surface area contributed by atoms with Gasteiger partial charge in [0.05, 0.1) is 12.1 Å². The van der Waals surface area contributed by atoms with Gasteiger partial charge in [0.2, 0.25) is 0 Å². The van der Waals surface area contributed by atoms with Gasteiger partial charge in [0.1, 0.15) is 11.5 Å². The van der Waals surface area contributed by atoms with E-state index in [1.807, 2.05) is 4.90 Å². The fraction of sp³-hybridized carbons (Fsp3) is 0.375. The van der Waals surface area contributed by atoms with Crippen molar-refractivity contribution in [1.82, 2.24) is 15.4 Å². The van der Waals surface area contributed by atoms with E-state index in [0.29, 0.717) is 42.3 Å². The number of halogens is 4. The van der Waals surface area contributed by atoms with Crippen LogP contribution in [0.2, 0.25) is 0 Å². The lowest BCUT2D eigenvalue weighted by molar-refractivity contribution is -0.137. The van der Waals surface area contributed by atoms with E-state index < -0.39 is 11.7 Å². The van der Waals surface area contributed by atoms with Crippen molar-refractivity contribution in [2.75, 3.05) is 44.2 Å². The summed E-state index contributed by atoms with van der Waals surface area (Å²) in [7, 11) is 0. The van der Waals surface area contributed by atoms with Crippen molar-refractivity contribution in [2.24, 2.45) is 0 Å². The number of anilines is 1. The maximum absolute atomic E-state index is 13.8. The Morgan fingerprint density at radius 1 is 0.970 bits per heavy atom. The molecule has 4 rings (SSSR count). The number of aromatic nitrogens is 1. The summed E-state index contributed by atoms with van der Waals surface area (Å²) < 4.78 is 58.0. The number of alkyl halides is 3. The van der Waals surface area contributed by atoms with E-state index in [0.717, 1.165) is 38.7 Å². The quantitative estimate of drug-likeness (QED) is 0.385. The fourth-order valence-electron chi connectivity index (χ4n) is 3.94. The van der Waals surface area contributed by atoms with E-state index in [4.69, 9.17) is 4.52 Å². The Balaban J connectivity index is 1.16. The molecule has 1 aliphatic rings. The van der Waals surface area contributed by atoms with Crippen molar-refractivity contribution in [2.45, 2.75) is 19.1 Å². The van der Waals surface area contributed by atoms with Crippen LogP contribution in [0.25, 0.3) is 11.3 Å². The number of piperazine rings is 1. The van der Waals surface area contributed by atoms with Crippen molar-refractivity contribution in [3.63, 3.8) is 0 Å². The predicted octanol–water partition coefficient (Wildman–Crippen LogP) is 4.80. The van der Waals surface area contributed by atoms with Crippen molar-refractivity contribution in [3.05, 3.63) is 71.7 Å². The maximum Gasteiger partial charge on any atom is 0.416 e. The minimum atomic E-state index is -4.32. The van der Waals surface area contributed by atoms with Gasteiger partial charge in [-0.15, -0.1) is 0 Å². The second-order valence-electron chi connectivity index (χ2n) is 8.07. The number of rotatable bonds is 8. The Morgan fingerprint density at radius 2 is 1.76 bits per heavy atom. The normalized spacial score (nSPS) is 15.2. The molecule has 0 aliphatic carbocycles. The highest BCUT2D eigenvalue weighted by atomic mass is 19.4. The molecule has 0 spiro atoms. The fourth-order valence-corrected chi connectivity index (χ4v) is 3.94. The lowest BCUT2D eigenvalue weighted by atomic mass is 10.1. The van der Waals surface area contributed by atoms with Gasteiger partial charge in [0, 0.05) is 43.5 Å². The van der Waals surface area contributed by atoms with Gasteiger partial charge >= 0.3 is 6.18 Å². The van der Waals surface area contributed by atoms with Gasteiger partial charge in [0.25, 0.3) is 0 Å². The zero-order valence-corrected chi connectivity index (χ0v) is 18.1. The van der Waals surface area contributed by atoms with E-state index >= 15 is 0 Å². The summed E-state index contributed by atoms with van der Waals surface area (Å²) in [5.74, 6) is 0.307. The number of hydrogen-bond acceptors (Lipinski definition) is 5. The molecule has 0 atom stereocenters. The molecule has 0 amide bonds. The van der Waals surface area contributed by atoms with E-state index in [1.54, 1.807) is 30.3 Å². The zero-order valence-electron chi connectivity index (χ0n) is 18.1. The second-order valence-corrected chi connectivity index (χ2v) is 8.07. The summed E-state index contributed by atoms with van der Waals surface area (Å²) in [6.07, 6.45) is -3.40. The lowest BCUT2D eigenvalue weighted by Crippen LogP contribution is -2.47. The molecule has 1 N–H and O–H groups in total. The summed E-state index contributed by atoms with van der Waals surface area (Å²) in [6.45, 7) is 5.21. The van der Waals surface area contributed by atoms with Gasteiger partial charge in [-0.1, -0.05) is 23.4 Å². The monoisotopic (exact) mass is 462 g/mol. The first kappa shape index (κ1) is 23.3. The highest BCUT2D eigenvalue weighted by molar-refractivity contribution is 5.59. The van der Waals surface area contributed by atoms with Crippen LogP contribution in [0.5, 0.6) is 0 Å². The molecule has 0 saturated carbocycles. The second kappa shape index (κ2) is 10.4. The molecule has 33 heavy (non-hydrogen) atoms. The van der Waals surface area contributed by atoms with Gasteiger partial charge in [-0.05, 0) is 49.8 Å². The van der Waals surface area contributed by atoms with E-state index in [9.17, 15) is 17.6 Å². The predicted molar refractivity (Wildman–Crippen MR) is 118 cm³/mol. The minimum Gasteiger partial charge on any atom is -0.369 e. The Hall–Kier alpha value is -2.91. The molecule has 2 aromatic carbocycles. The van der Waals surface area contributed by atoms with Crippen LogP contribution in [0.15, 0.2) is 59.1 Å². The molecule has 2 heterocycles. The van der Waals surface area contributed by atoms with Crippen LogP contribution in [0.4, 0.5) is 23.2 Å². The topological polar surface area (TPSA) is 44.5 Å². The number of hydrogen-bond donors (Lipinski definition) is 1. The molecule has 1 aliphatic heterocycles. The third-order valence-corrected chi connectivity index (χ3v) is 5.75. The van der Waals surface area contributed by atoms with Gasteiger partial charge in [0.15, 0.2) is 5.76 Å². The average Bonchev–Trinajstić information content (AvgIpc) is 3.28. The standard InChI is InChI=1S/C24H26F4N4O/c25-22-8-2-1-7-21(22)23-16-20(33-30-23)17-29-9-4-10-31-11-13-32(14-12-31)19-6-3-5-18(15-19)24(26,27)28/h1-3,5-8,15-16,29H,4,9-14,17H2. The van der Waals surface area contributed by atoms with E-state index in [-0.39, 0.29) is 5.82 Å². The molecule has 1 aromatic heterocycles. The number of nitrogens with zero attached hydrogens (tertiary/aromatic N) is 3. The largest absolute Gasteiger partial charge is 0.416 e. The molecule has 0 bridgehead atoms. The summed E-state index contributed by atoms with van der Waals surface area (Å²) in [5, 5.41) is 7.24. The van der Waals surface area contributed by atoms with Crippen LogP contribution >= 0.6 is 0 Å². The van der Waals surface area contributed by atoms with Crippen LogP contribution in [-0.2, 0) is 12.7 Å². The SMILES string of the molecule is Fc1ccccc1-c1cc(CNCCCN2CCN(c3cccc(C(F)(F)F)c3)CC2)on1. The summed E-state index contributed by atoms with van der Waals surface area (Å²) in [4.78, 5) is 4.32. The molecule has 9 heteroatoms. The smallest absolute Gasteiger partial charge is 0.369 e. The third kappa shape index (κ3) is 6.11. The van der Waals surface area contributed by atoms with Gasteiger partial charge in [-0.25, -0.2) is 4.39 Å². The molecule has 5 nitrogen and oxygen atoms in total. The summed E-state index contributed by atoms with van der Waals surface area (Å²) in [5.41, 5.74) is 0.898. The molecule has 176 valence electrons. The van der Waals surface area contributed by atoms with Crippen LogP contribution in [0, 0.1) is 5.82 Å². The van der Waals surface area contributed by atoms with Crippen molar-refractivity contribution >= 4 is 5.69 Å². The maximum atomic E-state index is 13.8. The molecular weight excluding hydrogens is 436 g/mol. The van der Waals surface area contributed by atoms with Gasteiger partial charge in [-0.3, -0.25) is 4.90 Å². The average molecular weight is 462 g/mol. The Morgan fingerprint density at radius 3 is 2.52 bits per heavy atom. The molecule has 1 saturated heterocycles. The van der Waals surface area contributed by atoms with Crippen LogP contribution in [-0.4, -0.2) is 49.3 Å². The van der Waals surface area contributed by atoms with Gasteiger partial charge < -0.3 is 14.7 Å². The number of benzene rings is 2. The van der Waals surface area contributed by atoms with Crippen LogP contribution in [0.3, 0.4) is 0 Å². The minimum absolute atomic E-state index is 0.335. The van der Waals surface area contributed by atoms with Gasteiger partial charge in [-0.2, -0.15) is 13.2 Å². The van der Waals surface area contributed by atoms with Crippen molar-refractivity contribution < 1.29 is 22.1 Å².